The van der Waals surface area contributed by atoms with Gasteiger partial charge in [0.2, 0.25) is 0 Å². The Morgan fingerprint density at radius 1 is 0.909 bits per heavy atom. The lowest BCUT2D eigenvalue weighted by Gasteiger charge is -2.47. The highest BCUT2D eigenvalue weighted by Crippen LogP contribution is 2.37. The third-order valence-corrected chi connectivity index (χ3v) is 5.51. The molecule has 2 heterocycles. The molecule has 0 unspecified atom stereocenters. The van der Waals surface area contributed by atoms with Crippen molar-refractivity contribution < 1.29 is 14.0 Å². The second-order valence-corrected chi connectivity index (χ2v) is 7.63. The van der Waals surface area contributed by atoms with E-state index in [9.17, 15) is 0 Å². The van der Waals surface area contributed by atoms with Gasteiger partial charge in [-0.05, 0) is 52.8 Å². The molecule has 2 saturated heterocycles. The van der Waals surface area contributed by atoms with E-state index in [1.807, 2.05) is 0 Å². The Morgan fingerprint density at radius 2 is 1.41 bits per heavy atom. The summed E-state index contributed by atoms with van der Waals surface area (Å²) >= 11 is 0. The van der Waals surface area contributed by atoms with Crippen molar-refractivity contribution in [1.29, 1.82) is 0 Å². The van der Waals surface area contributed by atoms with Gasteiger partial charge in [-0.25, -0.2) is 0 Å². The molecule has 0 aromatic heterocycles. The number of hydrogen-bond donors (Lipinski definition) is 0. The van der Waals surface area contributed by atoms with Crippen LogP contribution in [0.5, 0.6) is 0 Å². The summed E-state index contributed by atoms with van der Waals surface area (Å²) in [5.41, 5.74) is 1.75. The molecular weight excluding hydrogens is 277 g/mol. The molecule has 120 valence electrons. The van der Waals surface area contributed by atoms with Gasteiger partial charge < -0.3 is 14.0 Å². The second kappa shape index (κ2) is 5.06. The fourth-order valence-corrected chi connectivity index (χ4v) is 2.91. The van der Waals surface area contributed by atoms with Gasteiger partial charge in [0.05, 0.1) is 30.0 Å². The second-order valence-electron chi connectivity index (χ2n) is 7.63. The topological polar surface area (TPSA) is 30.9 Å². The average Bonchev–Trinajstić information content (AvgIpc) is 2.57. The third kappa shape index (κ3) is 2.31. The average molecular weight is 303 g/mol. The minimum Gasteiger partial charge on any atom is -0.399 e. The first kappa shape index (κ1) is 16.0. The molecule has 0 spiro atoms. The van der Waals surface area contributed by atoms with Crippen LogP contribution in [0, 0.1) is 0 Å². The monoisotopic (exact) mass is 303 g/mol. The first-order valence-electron chi connectivity index (χ1n) is 7.89. The highest BCUT2D eigenvalue weighted by molar-refractivity contribution is 6.62. The standard InChI is InChI=1S/C17H26BNO3/c1-15(2)16(3,4)22-18(21-15)14-9-7-13(8-10-14)17(19(5)6)11-20-12-17/h7-10H,11-12H2,1-6H3. The highest BCUT2D eigenvalue weighted by atomic mass is 16.7. The first-order chi connectivity index (χ1) is 10.2. The Kier molecular flexibility index (Phi) is 3.68. The van der Waals surface area contributed by atoms with Crippen molar-refractivity contribution in [2.24, 2.45) is 0 Å². The molecular formula is C17H26BNO3. The van der Waals surface area contributed by atoms with Crippen LogP contribution in [0.4, 0.5) is 0 Å². The minimum absolute atomic E-state index is 0.00839. The number of benzene rings is 1. The van der Waals surface area contributed by atoms with Crippen LogP contribution in [0.15, 0.2) is 24.3 Å². The summed E-state index contributed by atoms with van der Waals surface area (Å²) in [5, 5.41) is 0. The van der Waals surface area contributed by atoms with Crippen LogP contribution in [0.1, 0.15) is 33.3 Å². The fraction of sp³-hybridized carbons (Fsp3) is 0.647. The van der Waals surface area contributed by atoms with Crippen molar-refractivity contribution in [3.63, 3.8) is 0 Å². The van der Waals surface area contributed by atoms with Crippen LogP contribution >= 0.6 is 0 Å². The molecule has 0 bridgehead atoms. The molecule has 0 atom stereocenters. The molecule has 22 heavy (non-hydrogen) atoms. The van der Waals surface area contributed by atoms with E-state index in [2.05, 4.69) is 71.0 Å². The molecule has 0 radical (unpaired) electrons. The molecule has 0 N–H and O–H groups in total. The van der Waals surface area contributed by atoms with E-state index in [0.717, 1.165) is 18.7 Å². The lowest BCUT2D eigenvalue weighted by Crippen LogP contribution is -2.56. The minimum atomic E-state index is -0.303. The van der Waals surface area contributed by atoms with Crippen molar-refractivity contribution in [3.05, 3.63) is 29.8 Å². The van der Waals surface area contributed by atoms with E-state index in [1.54, 1.807) is 0 Å². The zero-order chi connectivity index (χ0) is 16.2. The van der Waals surface area contributed by atoms with Crippen molar-refractivity contribution >= 4 is 12.6 Å². The van der Waals surface area contributed by atoms with E-state index >= 15 is 0 Å². The lowest BCUT2D eigenvalue weighted by atomic mass is 9.77. The predicted octanol–water partition coefficient (Wildman–Crippen LogP) is 1.77. The van der Waals surface area contributed by atoms with Crippen LogP contribution in [0.2, 0.25) is 0 Å². The lowest BCUT2D eigenvalue weighted by molar-refractivity contribution is -0.130. The summed E-state index contributed by atoms with van der Waals surface area (Å²) in [7, 11) is 3.90. The van der Waals surface area contributed by atoms with Crippen LogP contribution in [-0.2, 0) is 19.6 Å². The zero-order valence-corrected chi connectivity index (χ0v) is 14.5. The summed E-state index contributed by atoms with van der Waals surface area (Å²) in [5.74, 6) is 0. The zero-order valence-electron chi connectivity index (χ0n) is 14.5. The first-order valence-corrected chi connectivity index (χ1v) is 7.89. The fourth-order valence-electron chi connectivity index (χ4n) is 2.91. The number of ether oxygens (including phenoxy) is 1. The van der Waals surface area contributed by atoms with Gasteiger partial charge in [-0.2, -0.15) is 0 Å². The normalized spacial score (nSPS) is 25.3. The Labute approximate surface area is 133 Å². The Hall–Kier alpha value is -0.875. The molecule has 2 fully saturated rings. The number of nitrogens with zero attached hydrogens (tertiary/aromatic N) is 1. The number of rotatable bonds is 3. The largest absolute Gasteiger partial charge is 0.494 e. The molecule has 5 heteroatoms. The maximum Gasteiger partial charge on any atom is 0.494 e. The molecule has 0 saturated carbocycles. The van der Waals surface area contributed by atoms with Crippen LogP contribution in [0.3, 0.4) is 0 Å². The van der Waals surface area contributed by atoms with Crippen molar-refractivity contribution in [1.82, 2.24) is 4.90 Å². The molecule has 1 aromatic rings. The van der Waals surface area contributed by atoms with E-state index in [1.165, 1.54) is 5.56 Å². The quantitative estimate of drug-likeness (QED) is 0.797. The van der Waals surface area contributed by atoms with Gasteiger partial charge in [-0.15, -0.1) is 0 Å². The summed E-state index contributed by atoms with van der Waals surface area (Å²) < 4.78 is 17.7. The van der Waals surface area contributed by atoms with Gasteiger partial charge in [0.25, 0.3) is 0 Å². The molecule has 1 aromatic carbocycles. The maximum atomic E-state index is 6.11. The maximum absolute atomic E-state index is 6.11. The van der Waals surface area contributed by atoms with Crippen LogP contribution in [0.25, 0.3) is 0 Å². The SMILES string of the molecule is CN(C)C1(c2ccc(B3OC(C)(C)C(C)(C)O3)cc2)COC1. The third-order valence-electron chi connectivity index (χ3n) is 5.51. The molecule has 3 rings (SSSR count). The molecule has 0 amide bonds. The number of likely N-dealkylation sites (N-methyl/N-ethyl adjacent to an activating group) is 1. The van der Waals surface area contributed by atoms with Crippen molar-refractivity contribution in [2.45, 2.75) is 44.4 Å². The van der Waals surface area contributed by atoms with Gasteiger partial charge in [0.15, 0.2) is 0 Å². The van der Waals surface area contributed by atoms with Gasteiger partial charge in [-0.3, -0.25) is 4.90 Å². The summed E-state index contributed by atoms with van der Waals surface area (Å²) in [6.45, 7) is 9.80. The molecule has 4 nitrogen and oxygen atoms in total. The van der Waals surface area contributed by atoms with E-state index in [4.69, 9.17) is 14.0 Å². The van der Waals surface area contributed by atoms with E-state index in [-0.39, 0.29) is 23.9 Å². The molecule has 2 aliphatic heterocycles. The summed E-state index contributed by atoms with van der Waals surface area (Å²) in [6, 6.07) is 8.56. The van der Waals surface area contributed by atoms with Gasteiger partial charge in [-0.1, -0.05) is 24.3 Å². The summed E-state index contributed by atoms with van der Waals surface area (Å²) in [4.78, 5) is 2.24. The van der Waals surface area contributed by atoms with Crippen LogP contribution < -0.4 is 5.46 Å². The number of hydrogen-bond acceptors (Lipinski definition) is 4. The van der Waals surface area contributed by atoms with Crippen molar-refractivity contribution in [3.8, 4) is 0 Å². The van der Waals surface area contributed by atoms with Crippen LogP contribution in [-0.4, -0.2) is 50.5 Å². The highest BCUT2D eigenvalue weighted by Gasteiger charge is 2.51. The predicted molar refractivity (Wildman–Crippen MR) is 88.3 cm³/mol. The summed E-state index contributed by atoms with van der Waals surface area (Å²) in [6.07, 6.45) is 0. The van der Waals surface area contributed by atoms with E-state index < -0.39 is 0 Å². The van der Waals surface area contributed by atoms with Gasteiger partial charge in [0, 0.05) is 0 Å². The van der Waals surface area contributed by atoms with Crippen molar-refractivity contribution in [2.75, 3.05) is 27.3 Å². The Bertz CT molecular complexity index is 534. The smallest absolute Gasteiger partial charge is 0.399 e. The van der Waals surface area contributed by atoms with E-state index in [0.29, 0.717) is 0 Å². The van der Waals surface area contributed by atoms with Gasteiger partial charge >= 0.3 is 7.12 Å². The Balaban J connectivity index is 1.81. The van der Waals surface area contributed by atoms with Gasteiger partial charge in [0.1, 0.15) is 0 Å². The molecule has 2 aliphatic rings. The molecule has 0 aliphatic carbocycles. The Morgan fingerprint density at radius 3 is 1.77 bits per heavy atom.